The molecule has 0 saturated heterocycles. The molecule has 80 valence electrons. The first-order valence-electron chi connectivity index (χ1n) is 4.54. The number of ether oxygens (including phenoxy) is 3. The van der Waals surface area contributed by atoms with Gasteiger partial charge in [0.15, 0.2) is 11.5 Å². The highest BCUT2D eigenvalue weighted by atomic mass is 16.6. The number of hydrogen-bond donors (Lipinski definition) is 1. The van der Waals surface area contributed by atoms with E-state index in [1.165, 1.54) is 7.11 Å². The number of amides is 1. The molecule has 0 unspecified atom stereocenters. The minimum absolute atomic E-state index is 0.508. The first-order chi connectivity index (χ1) is 7.29. The molecule has 1 aliphatic rings. The van der Waals surface area contributed by atoms with Gasteiger partial charge in [0.05, 0.1) is 7.11 Å². The number of carbonyl (C=O) groups excluding carboxylic acids is 1. The van der Waals surface area contributed by atoms with Gasteiger partial charge in [-0.2, -0.15) is 0 Å². The van der Waals surface area contributed by atoms with Gasteiger partial charge in [0, 0.05) is 11.8 Å². The van der Waals surface area contributed by atoms with E-state index in [1.807, 2.05) is 0 Å². The summed E-state index contributed by atoms with van der Waals surface area (Å²) in [5.41, 5.74) is 0.617. The van der Waals surface area contributed by atoms with E-state index in [4.69, 9.17) is 9.47 Å². The van der Waals surface area contributed by atoms with Gasteiger partial charge >= 0.3 is 6.09 Å². The smallest absolute Gasteiger partial charge is 0.411 e. The van der Waals surface area contributed by atoms with Crippen LogP contribution in [0.2, 0.25) is 0 Å². The van der Waals surface area contributed by atoms with Gasteiger partial charge in [-0.1, -0.05) is 0 Å². The third-order valence-electron chi connectivity index (χ3n) is 1.97. The Balaban J connectivity index is 2.17. The molecule has 0 saturated carbocycles. The third-order valence-corrected chi connectivity index (χ3v) is 1.97. The van der Waals surface area contributed by atoms with E-state index in [9.17, 15) is 4.79 Å². The summed E-state index contributed by atoms with van der Waals surface area (Å²) in [6, 6.07) is 5.18. The van der Waals surface area contributed by atoms with Crippen molar-refractivity contribution in [1.82, 2.24) is 0 Å². The molecule has 0 atom stereocenters. The summed E-state index contributed by atoms with van der Waals surface area (Å²) in [4.78, 5) is 10.9. The van der Waals surface area contributed by atoms with Crippen molar-refractivity contribution in [1.29, 1.82) is 0 Å². The second-order valence-corrected chi connectivity index (χ2v) is 2.98. The Bertz CT molecular complexity index is 378. The van der Waals surface area contributed by atoms with Crippen molar-refractivity contribution < 1.29 is 19.0 Å². The van der Waals surface area contributed by atoms with E-state index in [0.29, 0.717) is 30.4 Å². The maximum Gasteiger partial charge on any atom is 0.411 e. The van der Waals surface area contributed by atoms with Crippen LogP contribution >= 0.6 is 0 Å². The highest BCUT2D eigenvalue weighted by Crippen LogP contribution is 2.32. The Labute approximate surface area is 86.9 Å². The second kappa shape index (κ2) is 4.08. The molecule has 15 heavy (non-hydrogen) atoms. The number of rotatable bonds is 1. The molecule has 1 heterocycles. The van der Waals surface area contributed by atoms with Crippen LogP contribution in [0, 0.1) is 0 Å². The highest BCUT2D eigenvalue weighted by molar-refractivity contribution is 5.85. The van der Waals surface area contributed by atoms with Crippen molar-refractivity contribution >= 4 is 11.8 Å². The first kappa shape index (κ1) is 9.64. The minimum Gasteiger partial charge on any atom is -0.486 e. The predicted molar refractivity (Wildman–Crippen MR) is 53.5 cm³/mol. The lowest BCUT2D eigenvalue weighted by atomic mass is 10.2. The average Bonchev–Trinajstić information content (AvgIpc) is 2.29. The molecule has 5 nitrogen and oxygen atoms in total. The lowest BCUT2D eigenvalue weighted by molar-refractivity contribution is 0.171. The number of benzene rings is 1. The summed E-state index contributed by atoms with van der Waals surface area (Å²) in [7, 11) is 1.31. The van der Waals surface area contributed by atoms with Gasteiger partial charge < -0.3 is 14.2 Å². The summed E-state index contributed by atoms with van der Waals surface area (Å²) in [6.45, 7) is 1.07. The largest absolute Gasteiger partial charge is 0.486 e. The summed E-state index contributed by atoms with van der Waals surface area (Å²) in [5.74, 6) is 1.33. The molecule has 1 aromatic rings. The molecule has 1 aliphatic heterocycles. The summed E-state index contributed by atoms with van der Waals surface area (Å²) >= 11 is 0. The van der Waals surface area contributed by atoms with Gasteiger partial charge in [0.1, 0.15) is 13.2 Å². The Morgan fingerprint density at radius 1 is 1.33 bits per heavy atom. The number of hydrogen-bond acceptors (Lipinski definition) is 4. The lowest BCUT2D eigenvalue weighted by Crippen LogP contribution is -2.16. The van der Waals surface area contributed by atoms with E-state index in [2.05, 4.69) is 10.1 Å². The Kier molecular flexibility index (Phi) is 2.62. The van der Waals surface area contributed by atoms with Crippen LogP contribution in [0.4, 0.5) is 10.5 Å². The maximum absolute atomic E-state index is 10.9. The van der Waals surface area contributed by atoms with E-state index in [0.717, 1.165) is 0 Å². The van der Waals surface area contributed by atoms with Gasteiger partial charge in [-0.05, 0) is 12.1 Å². The third kappa shape index (κ3) is 2.12. The van der Waals surface area contributed by atoms with Crippen molar-refractivity contribution in [3.63, 3.8) is 0 Å². The molecular weight excluding hydrogens is 198 g/mol. The fourth-order valence-electron chi connectivity index (χ4n) is 1.29. The number of anilines is 1. The van der Waals surface area contributed by atoms with Crippen molar-refractivity contribution in [3.05, 3.63) is 18.2 Å². The molecule has 1 aromatic carbocycles. The van der Waals surface area contributed by atoms with Crippen LogP contribution in [0.1, 0.15) is 0 Å². The van der Waals surface area contributed by atoms with Crippen molar-refractivity contribution in [2.45, 2.75) is 0 Å². The number of carbonyl (C=O) groups is 1. The maximum atomic E-state index is 10.9. The molecule has 1 N–H and O–H groups in total. The zero-order chi connectivity index (χ0) is 10.7. The molecule has 0 fully saturated rings. The SMILES string of the molecule is COC(=O)Nc1ccc2c(c1)OCCO2. The molecule has 2 rings (SSSR count). The highest BCUT2D eigenvalue weighted by Gasteiger charge is 2.12. The zero-order valence-electron chi connectivity index (χ0n) is 8.28. The van der Waals surface area contributed by atoms with E-state index >= 15 is 0 Å². The zero-order valence-corrected chi connectivity index (χ0v) is 8.28. The minimum atomic E-state index is -0.508. The van der Waals surface area contributed by atoms with Crippen LogP contribution in [0.15, 0.2) is 18.2 Å². The van der Waals surface area contributed by atoms with Crippen molar-refractivity contribution in [2.24, 2.45) is 0 Å². The summed E-state index contributed by atoms with van der Waals surface area (Å²) < 4.78 is 15.2. The van der Waals surface area contributed by atoms with Gasteiger partial charge in [0.2, 0.25) is 0 Å². The van der Waals surface area contributed by atoms with Gasteiger partial charge in [-0.25, -0.2) is 4.79 Å². The second-order valence-electron chi connectivity index (χ2n) is 2.98. The molecule has 0 aliphatic carbocycles. The Morgan fingerprint density at radius 2 is 2.07 bits per heavy atom. The van der Waals surface area contributed by atoms with E-state index < -0.39 is 6.09 Å². The molecule has 0 spiro atoms. The lowest BCUT2D eigenvalue weighted by Gasteiger charge is -2.18. The molecule has 0 aromatic heterocycles. The fraction of sp³-hybridized carbons (Fsp3) is 0.300. The van der Waals surface area contributed by atoms with Crippen LogP contribution in [0.3, 0.4) is 0 Å². The average molecular weight is 209 g/mol. The first-order valence-corrected chi connectivity index (χ1v) is 4.54. The fourth-order valence-corrected chi connectivity index (χ4v) is 1.29. The van der Waals surface area contributed by atoms with Gasteiger partial charge in [-0.15, -0.1) is 0 Å². The molecular formula is C10H11NO4. The number of methoxy groups -OCH3 is 1. The van der Waals surface area contributed by atoms with Gasteiger partial charge in [-0.3, -0.25) is 5.32 Å². The number of nitrogens with one attached hydrogen (secondary N) is 1. The Morgan fingerprint density at radius 3 is 2.80 bits per heavy atom. The van der Waals surface area contributed by atoms with Crippen LogP contribution in [0.5, 0.6) is 11.5 Å². The van der Waals surface area contributed by atoms with Crippen molar-refractivity contribution in [3.8, 4) is 11.5 Å². The van der Waals surface area contributed by atoms with Crippen LogP contribution in [-0.4, -0.2) is 26.4 Å². The van der Waals surface area contributed by atoms with E-state index in [-0.39, 0.29) is 0 Å². The number of fused-ring (bicyclic) bond motifs is 1. The molecule has 1 amide bonds. The molecule has 5 heteroatoms. The standard InChI is InChI=1S/C10H11NO4/c1-13-10(12)11-7-2-3-8-9(6-7)15-5-4-14-8/h2-3,6H,4-5H2,1H3,(H,11,12). The topological polar surface area (TPSA) is 56.8 Å². The van der Waals surface area contributed by atoms with E-state index in [1.54, 1.807) is 18.2 Å². The summed E-state index contributed by atoms with van der Waals surface area (Å²) in [5, 5.41) is 2.54. The normalized spacial score (nSPS) is 13.1. The predicted octanol–water partition coefficient (Wildman–Crippen LogP) is 1.64. The Hall–Kier alpha value is -1.91. The quantitative estimate of drug-likeness (QED) is 0.763. The van der Waals surface area contributed by atoms with Crippen molar-refractivity contribution in [2.75, 3.05) is 25.6 Å². The van der Waals surface area contributed by atoms with Crippen LogP contribution < -0.4 is 14.8 Å². The monoisotopic (exact) mass is 209 g/mol. The molecule has 0 radical (unpaired) electrons. The van der Waals surface area contributed by atoms with Gasteiger partial charge in [0.25, 0.3) is 0 Å². The summed E-state index contributed by atoms with van der Waals surface area (Å²) in [6.07, 6.45) is -0.508. The van der Waals surface area contributed by atoms with Crippen LogP contribution in [-0.2, 0) is 4.74 Å². The molecule has 0 bridgehead atoms. The van der Waals surface area contributed by atoms with Crippen LogP contribution in [0.25, 0.3) is 0 Å².